The Balaban J connectivity index is 2.56. The van der Waals surface area contributed by atoms with Gasteiger partial charge in [0.05, 0.1) is 11.6 Å². The Morgan fingerprint density at radius 2 is 2.07 bits per heavy atom. The van der Waals surface area contributed by atoms with E-state index >= 15 is 0 Å². The number of amides is 1. The maximum Gasteiger partial charge on any atom is 0.242 e. The number of aliphatic hydroxyl groups is 1. The Morgan fingerprint density at radius 1 is 1.43 bits per heavy atom. The predicted octanol–water partition coefficient (Wildman–Crippen LogP) is 0.0971. The van der Waals surface area contributed by atoms with Crippen LogP contribution in [0.2, 0.25) is 0 Å². The molecule has 1 amide bonds. The second-order valence-electron chi connectivity index (χ2n) is 4.60. The molecule has 0 spiro atoms. The lowest BCUT2D eigenvalue weighted by atomic mass is 10.1. The minimum Gasteiger partial charge on any atom is -0.393 e. The van der Waals surface area contributed by atoms with Crippen LogP contribution in [0.1, 0.15) is 33.1 Å². The van der Waals surface area contributed by atoms with E-state index in [0.29, 0.717) is 13.0 Å². The van der Waals surface area contributed by atoms with E-state index in [-0.39, 0.29) is 12.0 Å². The summed E-state index contributed by atoms with van der Waals surface area (Å²) in [7, 11) is 0. The van der Waals surface area contributed by atoms with Gasteiger partial charge in [-0.15, -0.1) is 0 Å². The third-order valence-corrected chi connectivity index (χ3v) is 2.54. The second-order valence-corrected chi connectivity index (χ2v) is 4.60. The van der Waals surface area contributed by atoms with Crippen molar-refractivity contribution < 1.29 is 9.90 Å². The monoisotopic (exact) mass is 200 g/mol. The van der Waals surface area contributed by atoms with Crippen LogP contribution < -0.4 is 5.73 Å². The Labute approximate surface area is 85.1 Å². The lowest BCUT2D eigenvalue weighted by molar-refractivity contribution is -0.135. The summed E-state index contributed by atoms with van der Waals surface area (Å²) in [6, 6.07) is 0. The van der Waals surface area contributed by atoms with Crippen molar-refractivity contribution in [3.05, 3.63) is 0 Å². The molecule has 1 aliphatic rings. The first kappa shape index (κ1) is 11.5. The minimum atomic E-state index is -0.796. The zero-order valence-corrected chi connectivity index (χ0v) is 8.99. The van der Waals surface area contributed by atoms with Gasteiger partial charge in [-0.3, -0.25) is 4.79 Å². The summed E-state index contributed by atoms with van der Waals surface area (Å²) >= 11 is 0. The molecule has 82 valence electrons. The van der Waals surface area contributed by atoms with Crippen molar-refractivity contribution in [2.24, 2.45) is 5.73 Å². The van der Waals surface area contributed by atoms with Crippen molar-refractivity contribution in [1.29, 1.82) is 0 Å². The molecule has 3 N–H and O–H groups in total. The summed E-state index contributed by atoms with van der Waals surface area (Å²) in [5.41, 5.74) is 4.95. The van der Waals surface area contributed by atoms with Gasteiger partial charge in [0.2, 0.25) is 5.91 Å². The number of hydrogen-bond donors (Lipinski definition) is 2. The predicted molar refractivity (Wildman–Crippen MR) is 54.7 cm³/mol. The van der Waals surface area contributed by atoms with Crippen LogP contribution in [0.15, 0.2) is 0 Å². The molecule has 1 aliphatic heterocycles. The van der Waals surface area contributed by atoms with Crippen molar-refractivity contribution in [3.8, 4) is 0 Å². The Bertz CT molecular complexity index is 211. The normalized spacial score (nSPS) is 24.6. The van der Waals surface area contributed by atoms with Gasteiger partial charge >= 0.3 is 0 Å². The molecular weight excluding hydrogens is 180 g/mol. The molecule has 0 radical (unpaired) electrons. The average Bonchev–Trinajstić information content (AvgIpc) is 2.27. The number of carbonyl (C=O) groups excluding carboxylic acids is 1. The largest absolute Gasteiger partial charge is 0.393 e. The number of aliphatic hydroxyl groups excluding tert-OH is 1. The molecule has 1 fully saturated rings. The first-order valence-electron chi connectivity index (χ1n) is 5.17. The highest BCUT2D eigenvalue weighted by atomic mass is 16.3. The van der Waals surface area contributed by atoms with E-state index in [2.05, 4.69) is 0 Å². The molecule has 0 saturated carbocycles. The zero-order valence-electron chi connectivity index (χ0n) is 8.99. The van der Waals surface area contributed by atoms with E-state index < -0.39 is 5.54 Å². The first-order valence-corrected chi connectivity index (χ1v) is 5.17. The SMILES string of the molecule is CC(C)(N)C(=O)N1CCCC(O)CC1. The molecule has 0 aromatic carbocycles. The van der Waals surface area contributed by atoms with Crippen LogP contribution in [-0.4, -0.2) is 40.6 Å². The number of rotatable bonds is 1. The fourth-order valence-electron chi connectivity index (χ4n) is 1.69. The minimum absolute atomic E-state index is 0.0217. The molecule has 1 atom stereocenters. The highest BCUT2D eigenvalue weighted by Gasteiger charge is 2.28. The van der Waals surface area contributed by atoms with E-state index in [1.165, 1.54) is 0 Å². The maximum atomic E-state index is 11.8. The van der Waals surface area contributed by atoms with Crippen LogP contribution >= 0.6 is 0 Å². The van der Waals surface area contributed by atoms with Gasteiger partial charge < -0.3 is 15.7 Å². The van der Waals surface area contributed by atoms with Crippen molar-refractivity contribution in [2.45, 2.75) is 44.8 Å². The Morgan fingerprint density at radius 3 is 2.64 bits per heavy atom. The van der Waals surface area contributed by atoms with Gasteiger partial charge in [-0.2, -0.15) is 0 Å². The lowest BCUT2D eigenvalue weighted by Crippen LogP contribution is -2.51. The third kappa shape index (κ3) is 2.96. The van der Waals surface area contributed by atoms with Crippen LogP contribution in [0.5, 0.6) is 0 Å². The van der Waals surface area contributed by atoms with Crippen LogP contribution in [0.4, 0.5) is 0 Å². The van der Waals surface area contributed by atoms with Gasteiger partial charge in [0, 0.05) is 13.1 Å². The summed E-state index contributed by atoms with van der Waals surface area (Å²) in [6.07, 6.45) is 2.06. The second kappa shape index (κ2) is 4.28. The van der Waals surface area contributed by atoms with Crippen LogP contribution in [0.25, 0.3) is 0 Å². The van der Waals surface area contributed by atoms with E-state index in [4.69, 9.17) is 5.73 Å². The van der Waals surface area contributed by atoms with Gasteiger partial charge in [0.1, 0.15) is 0 Å². The van der Waals surface area contributed by atoms with E-state index in [1.54, 1.807) is 18.7 Å². The Hall–Kier alpha value is -0.610. The topological polar surface area (TPSA) is 66.6 Å². The third-order valence-electron chi connectivity index (χ3n) is 2.54. The fraction of sp³-hybridized carbons (Fsp3) is 0.900. The summed E-state index contributed by atoms with van der Waals surface area (Å²) in [6.45, 7) is 4.78. The highest BCUT2D eigenvalue weighted by molar-refractivity contribution is 5.85. The van der Waals surface area contributed by atoms with Crippen molar-refractivity contribution >= 4 is 5.91 Å². The van der Waals surface area contributed by atoms with Crippen LogP contribution in [0, 0.1) is 0 Å². The summed E-state index contributed by atoms with van der Waals surface area (Å²) < 4.78 is 0. The molecular formula is C10H20N2O2. The lowest BCUT2D eigenvalue weighted by Gasteiger charge is -2.28. The molecule has 0 bridgehead atoms. The molecule has 1 heterocycles. The molecule has 0 aromatic heterocycles. The van der Waals surface area contributed by atoms with Gasteiger partial charge in [-0.25, -0.2) is 0 Å². The number of carbonyl (C=O) groups is 1. The van der Waals surface area contributed by atoms with Crippen LogP contribution in [-0.2, 0) is 4.79 Å². The molecule has 0 aromatic rings. The number of hydrogen-bond acceptors (Lipinski definition) is 3. The highest BCUT2D eigenvalue weighted by Crippen LogP contribution is 2.13. The van der Waals surface area contributed by atoms with Crippen LogP contribution in [0.3, 0.4) is 0 Å². The average molecular weight is 200 g/mol. The van der Waals surface area contributed by atoms with E-state index in [9.17, 15) is 9.90 Å². The molecule has 1 unspecified atom stereocenters. The van der Waals surface area contributed by atoms with E-state index in [0.717, 1.165) is 19.4 Å². The quantitative estimate of drug-likeness (QED) is 0.630. The van der Waals surface area contributed by atoms with Crippen molar-refractivity contribution in [1.82, 2.24) is 4.90 Å². The van der Waals surface area contributed by atoms with Gasteiger partial charge in [0.15, 0.2) is 0 Å². The smallest absolute Gasteiger partial charge is 0.242 e. The Kier molecular flexibility index (Phi) is 3.50. The van der Waals surface area contributed by atoms with Crippen molar-refractivity contribution in [2.75, 3.05) is 13.1 Å². The molecule has 4 nitrogen and oxygen atoms in total. The maximum absolute atomic E-state index is 11.8. The molecule has 4 heteroatoms. The molecule has 1 rings (SSSR count). The first-order chi connectivity index (χ1) is 6.41. The molecule has 14 heavy (non-hydrogen) atoms. The summed E-state index contributed by atoms with van der Waals surface area (Å²) in [5.74, 6) is -0.0217. The van der Waals surface area contributed by atoms with Gasteiger partial charge in [-0.05, 0) is 33.1 Å². The van der Waals surface area contributed by atoms with Crippen molar-refractivity contribution in [3.63, 3.8) is 0 Å². The van der Waals surface area contributed by atoms with E-state index in [1.807, 2.05) is 0 Å². The standard InChI is InChI=1S/C10H20N2O2/c1-10(2,11)9(14)12-6-3-4-8(13)5-7-12/h8,13H,3-7,11H2,1-2H3. The molecule has 0 aliphatic carbocycles. The fourth-order valence-corrected chi connectivity index (χ4v) is 1.69. The molecule has 1 saturated heterocycles. The number of likely N-dealkylation sites (tertiary alicyclic amines) is 1. The van der Waals surface area contributed by atoms with Gasteiger partial charge in [0.25, 0.3) is 0 Å². The number of nitrogens with zero attached hydrogens (tertiary/aromatic N) is 1. The van der Waals surface area contributed by atoms with Gasteiger partial charge in [-0.1, -0.05) is 0 Å². The number of nitrogens with two attached hydrogens (primary N) is 1. The summed E-state index contributed by atoms with van der Waals surface area (Å²) in [4.78, 5) is 13.6. The summed E-state index contributed by atoms with van der Waals surface area (Å²) in [5, 5.41) is 9.42. The zero-order chi connectivity index (χ0) is 10.8.